The summed E-state index contributed by atoms with van der Waals surface area (Å²) >= 11 is 0. The van der Waals surface area contributed by atoms with Gasteiger partial charge in [-0.15, -0.1) is 0 Å². The molecular weight excluding hydrogens is 497 g/mol. The van der Waals surface area contributed by atoms with Crippen LogP contribution in [0.5, 0.6) is 0 Å². The Morgan fingerprint density at radius 3 is 2.38 bits per heavy atom. The molecule has 0 radical (unpaired) electrons. The lowest BCUT2D eigenvalue weighted by atomic mass is 9.70. The van der Waals surface area contributed by atoms with E-state index in [1.54, 1.807) is 11.8 Å². The molecule has 2 bridgehead atoms. The van der Waals surface area contributed by atoms with Crippen LogP contribution in [0.1, 0.15) is 50.2 Å². The largest absolute Gasteiger partial charge is 0.356 e. The zero-order valence-corrected chi connectivity index (χ0v) is 22.3. The molecule has 3 fully saturated rings. The van der Waals surface area contributed by atoms with E-state index in [0.717, 1.165) is 43.2 Å². The molecule has 2 saturated heterocycles. The zero-order chi connectivity index (χ0) is 27.4. The standard InChI is InChI=1S/C31H34FN3O4/c1-19-8-10-20(11-9-19)18-35-26(28(37)34-22-6-4-3-5-7-22)31-17-16-30(2,39-31)24(25(31)29(35)38)27(36)33-23-14-12-21(32)13-15-23/h8-17,22,24-26H,3-7,18H2,1-2H3,(H,33,36)(H,34,37)/t24-,25-,26+,30-,31+/m1/s1. The van der Waals surface area contributed by atoms with Gasteiger partial charge in [0, 0.05) is 18.3 Å². The Kier molecular flexibility index (Phi) is 6.33. The number of aryl methyl sites for hydroxylation is 1. The number of likely N-dealkylation sites (tertiary alicyclic amines) is 1. The molecule has 2 N–H and O–H groups in total. The van der Waals surface area contributed by atoms with E-state index < -0.39 is 40.8 Å². The quantitative estimate of drug-likeness (QED) is 0.546. The molecule has 7 nitrogen and oxygen atoms in total. The van der Waals surface area contributed by atoms with Crippen LogP contribution in [0.4, 0.5) is 10.1 Å². The van der Waals surface area contributed by atoms with E-state index in [2.05, 4.69) is 10.6 Å². The number of amides is 3. The fourth-order valence-electron chi connectivity index (χ4n) is 6.97. The van der Waals surface area contributed by atoms with Crippen molar-refractivity contribution in [3.63, 3.8) is 0 Å². The summed E-state index contributed by atoms with van der Waals surface area (Å²) in [7, 11) is 0. The van der Waals surface area contributed by atoms with E-state index in [0.29, 0.717) is 5.69 Å². The molecule has 1 spiro atoms. The van der Waals surface area contributed by atoms with Crippen molar-refractivity contribution in [1.29, 1.82) is 0 Å². The van der Waals surface area contributed by atoms with Crippen molar-refractivity contribution in [1.82, 2.24) is 10.2 Å². The predicted molar refractivity (Wildman–Crippen MR) is 144 cm³/mol. The summed E-state index contributed by atoms with van der Waals surface area (Å²) in [5, 5.41) is 6.06. The third-order valence-electron chi connectivity index (χ3n) is 8.86. The lowest BCUT2D eigenvalue weighted by Gasteiger charge is -2.34. The summed E-state index contributed by atoms with van der Waals surface area (Å²) in [6, 6.07) is 12.5. The molecule has 3 heterocycles. The van der Waals surface area contributed by atoms with E-state index in [9.17, 15) is 18.8 Å². The first kappa shape index (κ1) is 25.7. The van der Waals surface area contributed by atoms with Gasteiger partial charge in [0.15, 0.2) is 0 Å². The van der Waals surface area contributed by atoms with Crippen molar-refractivity contribution >= 4 is 23.4 Å². The van der Waals surface area contributed by atoms with Crippen LogP contribution in [-0.2, 0) is 25.7 Å². The second kappa shape index (κ2) is 9.59. The molecule has 8 heteroatoms. The van der Waals surface area contributed by atoms with Gasteiger partial charge in [-0.3, -0.25) is 14.4 Å². The zero-order valence-electron chi connectivity index (χ0n) is 22.3. The number of ether oxygens (including phenoxy) is 1. The monoisotopic (exact) mass is 531 g/mol. The van der Waals surface area contributed by atoms with E-state index in [4.69, 9.17) is 4.74 Å². The Hall–Kier alpha value is -3.52. The average molecular weight is 532 g/mol. The van der Waals surface area contributed by atoms with Crippen molar-refractivity contribution in [2.75, 3.05) is 5.32 Å². The molecule has 0 aromatic heterocycles. The number of hydrogen-bond donors (Lipinski definition) is 2. The number of carbonyl (C=O) groups is 3. The minimum absolute atomic E-state index is 0.0637. The van der Waals surface area contributed by atoms with Crippen LogP contribution < -0.4 is 10.6 Å². The van der Waals surface area contributed by atoms with Crippen LogP contribution in [0, 0.1) is 24.6 Å². The number of rotatable bonds is 6. The van der Waals surface area contributed by atoms with E-state index in [-0.39, 0.29) is 24.4 Å². The van der Waals surface area contributed by atoms with Crippen LogP contribution in [0.2, 0.25) is 0 Å². The molecule has 3 amide bonds. The van der Waals surface area contributed by atoms with Gasteiger partial charge in [-0.2, -0.15) is 0 Å². The van der Waals surface area contributed by atoms with E-state index >= 15 is 0 Å². The Morgan fingerprint density at radius 1 is 1.00 bits per heavy atom. The van der Waals surface area contributed by atoms with Crippen molar-refractivity contribution in [3.05, 3.63) is 77.6 Å². The van der Waals surface area contributed by atoms with Gasteiger partial charge in [0.1, 0.15) is 17.5 Å². The molecule has 2 aromatic carbocycles. The van der Waals surface area contributed by atoms with E-state index in [1.165, 1.54) is 24.3 Å². The van der Waals surface area contributed by atoms with E-state index in [1.807, 2.05) is 43.3 Å². The van der Waals surface area contributed by atoms with Crippen molar-refractivity contribution in [3.8, 4) is 0 Å². The number of nitrogens with one attached hydrogen (secondary N) is 2. The lowest BCUT2D eigenvalue weighted by molar-refractivity contribution is -0.145. The number of fused-ring (bicyclic) bond motifs is 1. The third kappa shape index (κ3) is 4.35. The summed E-state index contributed by atoms with van der Waals surface area (Å²) in [4.78, 5) is 43.5. The second-order valence-electron chi connectivity index (χ2n) is 11.6. The highest BCUT2D eigenvalue weighted by Gasteiger charge is 2.76. The Labute approximate surface area is 227 Å². The molecular formula is C31H34FN3O4. The smallest absolute Gasteiger partial charge is 0.246 e. The van der Waals surface area contributed by atoms with Gasteiger partial charge < -0.3 is 20.3 Å². The van der Waals surface area contributed by atoms with Crippen molar-refractivity contribution in [2.45, 2.75) is 75.8 Å². The fraction of sp³-hybridized carbons (Fsp3) is 0.452. The summed E-state index contributed by atoms with van der Waals surface area (Å²) in [5.41, 5.74) is 0.130. The maximum absolute atomic E-state index is 14.2. The first-order valence-corrected chi connectivity index (χ1v) is 13.8. The predicted octanol–water partition coefficient (Wildman–Crippen LogP) is 4.26. The van der Waals surface area contributed by atoms with Crippen LogP contribution in [0.3, 0.4) is 0 Å². The highest BCUT2D eigenvalue weighted by molar-refractivity contribution is 6.03. The number of hydrogen-bond acceptors (Lipinski definition) is 4. The second-order valence-corrected chi connectivity index (χ2v) is 11.6. The van der Waals surface area contributed by atoms with Gasteiger partial charge in [-0.05, 0) is 56.5 Å². The third-order valence-corrected chi connectivity index (χ3v) is 8.86. The Morgan fingerprint density at radius 2 is 1.69 bits per heavy atom. The lowest BCUT2D eigenvalue weighted by Crippen LogP contribution is -2.56. The summed E-state index contributed by atoms with van der Waals surface area (Å²) in [6.45, 7) is 4.02. The Balaban J connectivity index is 1.35. The molecule has 1 aliphatic carbocycles. The van der Waals surface area contributed by atoms with Crippen LogP contribution in [0.15, 0.2) is 60.7 Å². The average Bonchev–Trinajstić information content (AvgIpc) is 3.48. The molecule has 204 valence electrons. The highest BCUT2D eigenvalue weighted by Crippen LogP contribution is 2.60. The van der Waals surface area contributed by atoms with Gasteiger partial charge in [-0.25, -0.2) is 4.39 Å². The molecule has 3 aliphatic heterocycles. The minimum atomic E-state index is -1.25. The van der Waals surface area contributed by atoms with Crippen LogP contribution in [-0.4, -0.2) is 45.9 Å². The first-order chi connectivity index (χ1) is 18.7. The molecule has 39 heavy (non-hydrogen) atoms. The molecule has 0 unspecified atom stereocenters. The maximum atomic E-state index is 14.2. The van der Waals surface area contributed by atoms with Crippen LogP contribution >= 0.6 is 0 Å². The summed E-state index contributed by atoms with van der Waals surface area (Å²) in [5.74, 6) is -3.02. The topological polar surface area (TPSA) is 87.7 Å². The van der Waals surface area contributed by atoms with Gasteiger partial charge in [0.2, 0.25) is 17.7 Å². The molecule has 4 aliphatic rings. The maximum Gasteiger partial charge on any atom is 0.246 e. The molecule has 2 aromatic rings. The highest BCUT2D eigenvalue weighted by atomic mass is 19.1. The van der Waals surface area contributed by atoms with Crippen molar-refractivity contribution < 1.29 is 23.5 Å². The number of nitrogens with zero attached hydrogens (tertiary/aromatic N) is 1. The van der Waals surface area contributed by atoms with Gasteiger partial charge in [-0.1, -0.05) is 61.2 Å². The van der Waals surface area contributed by atoms with Gasteiger partial charge >= 0.3 is 0 Å². The Bertz CT molecular complexity index is 1320. The number of anilines is 1. The van der Waals surface area contributed by atoms with Gasteiger partial charge in [0.25, 0.3) is 0 Å². The fourth-order valence-corrected chi connectivity index (χ4v) is 6.97. The van der Waals surface area contributed by atoms with Crippen LogP contribution in [0.25, 0.3) is 0 Å². The summed E-state index contributed by atoms with van der Waals surface area (Å²) < 4.78 is 20.0. The molecule has 5 atom stereocenters. The molecule has 1 saturated carbocycles. The number of benzene rings is 2. The molecule has 6 rings (SSSR count). The SMILES string of the molecule is Cc1ccc(CN2C(=O)[C@H]3[C@H](C(=O)Nc4ccc(F)cc4)[C@@]4(C)C=C[C@@]3(O4)[C@@H]2C(=O)NC2CCCCC2)cc1. The van der Waals surface area contributed by atoms with Crippen molar-refractivity contribution in [2.24, 2.45) is 11.8 Å². The number of carbonyl (C=O) groups excluding carboxylic acids is 3. The first-order valence-electron chi connectivity index (χ1n) is 13.8. The number of halogens is 1. The summed E-state index contributed by atoms with van der Waals surface area (Å²) in [6.07, 6.45) is 8.77. The normalized spacial score (nSPS) is 31.4. The van der Waals surface area contributed by atoms with Gasteiger partial charge in [0.05, 0.1) is 17.4 Å². The minimum Gasteiger partial charge on any atom is -0.356 e.